The van der Waals surface area contributed by atoms with E-state index < -0.39 is 80.8 Å². The first-order valence-corrected chi connectivity index (χ1v) is 12.9. The van der Waals surface area contributed by atoms with Crippen molar-refractivity contribution < 1.29 is 52.8 Å². The first kappa shape index (κ1) is 24.7. The lowest BCUT2D eigenvalue weighted by molar-refractivity contribution is -0.294. The molecule has 0 bridgehead atoms. The Hall–Kier alpha value is -3.28. The summed E-state index contributed by atoms with van der Waals surface area (Å²) in [6.07, 6.45) is 1.71. The minimum Gasteiger partial charge on any atom is -0.472 e. The van der Waals surface area contributed by atoms with Gasteiger partial charge in [-0.3, -0.25) is 9.59 Å². The molecular formula is C28H28O11. The zero-order valence-electron chi connectivity index (χ0n) is 22.0. The summed E-state index contributed by atoms with van der Waals surface area (Å²) in [7, 11) is 0. The molecular weight excluding hydrogens is 512 g/mol. The molecule has 3 aliphatic heterocycles. The molecule has 206 valence electrons. The van der Waals surface area contributed by atoms with Crippen LogP contribution in [-0.2, 0) is 38.1 Å². The van der Waals surface area contributed by atoms with Crippen molar-refractivity contribution >= 4 is 23.7 Å². The molecule has 3 aliphatic carbocycles. The maximum absolute atomic E-state index is 14.4. The first-order chi connectivity index (χ1) is 18.1. The van der Waals surface area contributed by atoms with Crippen molar-refractivity contribution in [3.63, 3.8) is 0 Å². The molecule has 0 radical (unpaired) electrons. The van der Waals surface area contributed by atoms with Crippen LogP contribution in [0.25, 0.3) is 0 Å². The second-order valence-corrected chi connectivity index (χ2v) is 12.3. The number of epoxide rings is 1. The average Bonchev–Trinajstić information content (AvgIpc) is 3.34. The third-order valence-corrected chi connectivity index (χ3v) is 10.2. The summed E-state index contributed by atoms with van der Waals surface area (Å²) in [5, 5.41) is 25.5. The number of esters is 3. The summed E-state index contributed by atoms with van der Waals surface area (Å²) < 4.78 is 28.5. The number of furan rings is 1. The van der Waals surface area contributed by atoms with Crippen LogP contribution in [0.4, 0.5) is 0 Å². The van der Waals surface area contributed by atoms with Gasteiger partial charge in [-0.2, -0.15) is 0 Å². The largest absolute Gasteiger partial charge is 0.472 e. The number of carbonyl (C=O) groups excluding carboxylic acids is 4. The minimum absolute atomic E-state index is 0.229. The quantitative estimate of drug-likeness (QED) is 0.316. The molecule has 4 heterocycles. The van der Waals surface area contributed by atoms with E-state index in [-0.39, 0.29) is 11.1 Å². The number of rotatable bonds is 2. The normalized spacial score (nSPS) is 46.7. The number of aliphatic hydroxyl groups is 2. The molecule has 11 heteroatoms. The van der Waals surface area contributed by atoms with Gasteiger partial charge >= 0.3 is 17.9 Å². The van der Waals surface area contributed by atoms with Crippen molar-refractivity contribution in [2.75, 3.05) is 0 Å². The van der Waals surface area contributed by atoms with E-state index in [0.29, 0.717) is 18.4 Å². The van der Waals surface area contributed by atoms with E-state index in [2.05, 4.69) is 0 Å². The fourth-order valence-corrected chi connectivity index (χ4v) is 8.53. The highest BCUT2D eigenvalue weighted by molar-refractivity contribution is 6.08. The average molecular weight is 541 g/mol. The highest BCUT2D eigenvalue weighted by Crippen LogP contribution is 2.75. The number of hydrogen-bond acceptors (Lipinski definition) is 11. The van der Waals surface area contributed by atoms with Crippen LogP contribution in [-0.4, -0.2) is 68.5 Å². The second kappa shape index (κ2) is 6.71. The van der Waals surface area contributed by atoms with Gasteiger partial charge in [0.25, 0.3) is 0 Å². The summed E-state index contributed by atoms with van der Waals surface area (Å²) in [6.45, 7) is 7.27. The molecule has 6 aliphatic rings. The summed E-state index contributed by atoms with van der Waals surface area (Å²) in [6, 6.07) is 1.66. The van der Waals surface area contributed by atoms with E-state index in [1.165, 1.54) is 33.3 Å². The molecule has 7 rings (SSSR count). The van der Waals surface area contributed by atoms with Crippen LogP contribution in [0.15, 0.2) is 45.8 Å². The maximum atomic E-state index is 14.4. The standard InChI is InChI=1S/C28H28O11/c1-12(29)36-18-14-7-6-9-24(4)15(14)16(20(30)37-17(24)13-8-10-35-11-13)27(34)25(5)28(19(38-28)21(31)39-25)23(2,3)22(32)26(18,27)33/h7-8,10-11,17-19,33-34H,6,9H2,1-5H3/t17-,18+,19-,24?,25+,26-,27+,28+/m0/s1. The Morgan fingerprint density at radius 3 is 2.41 bits per heavy atom. The van der Waals surface area contributed by atoms with E-state index in [1.807, 2.05) is 6.92 Å². The van der Waals surface area contributed by atoms with Crippen LogP contribution in [0.2, 0.25) is 0 Å². The van der Waals surface area contributed by atoms with Crippen molar-refractivity contribution in [1.82, 2.24) is 0 Å². The first-order valence-electron chi connectivity index (χ1n) is 12.9. The van der Waals surface area contributed by atoms with Gasteiger partial charge < -0.3 is 33.6 Å². The van der Waals surface area contributed by atoms with Crippen LogP contribution in [0, 0.1) is 10.8 Å². The van der Waals surface area contributed by atoms with E-state index in [1.54, 1.807) is 12.1 Å². The molecule has 1 spiro atoms. The van der Waals surface area contributed by atoms with Gasteiger partial charge in [0.15, 0.2) is 34.8 Å². The molecule has 1 saturated carbocycles. The van der Waals surface area contributed by atoms with Gasteiger partial charge in [-0.15, -0.1) is 0 Å². The smallest absolute Gasteiger partial charge is 0.339 e. The summed E-state index contributed by atoms with van der Waals surface area (Å²) in [4.78, 5) is 53.9. The van der Waals surface area contributed by atoms with Gasteiger partial charge in [-0.25, -0.2) is 9.59 Å². The van der Waals surface area contributed by atoms with E-state index in [9.17, 15) is 29.4 Å². The molecule has 3 fully saturated rings. The van der Waals surface area contributed by atoms with Gasteiger partial charge in [-0.05, 0) is 50.8 Å². The Bertz CT molecular complexity index is 1470. The molecule has 1 aromatic heterocycles. The highest BCUT2D eigenvalue weighted by Gasteiger charge is 2.98. The lowest BCUT2D eigenvalue weighted by atomic mass is 9.42. The topological polar surface area (TPSA) is 162 Å². The number of allylic oxidation sites excluding steroid dienone is 1. The summed E-state index contributed by atoms with van der Waals surface area (Å²) in [5.41, 5.74) is -11.6. The van der Waals surface area contributed by atoms with Crippen molar-refractivity contribution in [2.24, 2.45) is 10.8 Å². The molecule has 2 saturated heterocycles. The molecule has 2 N–H and O–H groups in total. The van der Waals surface area contributed by atoms with Crippen molar-refractivity contribution in [3.05, 3.63) is 47.0 Å². The fourth-order valence-electron chi connectivity index (χ4n) is 8.53. The number of ketones is 1. The fraction of sp³-hybridized carbons (Fsp3) is 0.571. The summed E-state index contributed by atoms with van der Waals surface area (Å²) in [5.74, 6) is -3.61. The lowest BCUT2D eigenvalue weighted by Gasteiger charge is -2.65. The lowest BCUT2D eigenvalue weighted by Crippen LogP contribution is -2.88. The SMILES string of the molecule is CC(=O)O[C@@H]1C2=CCCC3(C)C2=C(C(=O)O[C@H]3c2ccoc2)[C@@]2(O)[C@@]3(C)OC(=O)[C@@H]4O[C@@]43C(C)(C)C(=O)[C@@]12O. The molecule has 39 heavy (non-hydrogen) atoms. The molecule has 8 atom stereocenters. The number of ether oxygens (including phenoxy) is 4. The van der Waals surface area contributed by atoms with Gasteiger partial charge in [0.2, 0.25) is 5.60 Å². The van der Waals surface area contributed by atoms with E-state index in [0.717, 1.165) is 6.92 Å². The molecule has 1 aromatic rings. The Morgan fingerprint density at radius 1 is 1.08 bits per heavy atom. The number of Topliss-reactive ketones (excluding diaryl/α,β-unsaturated/α-hetero) is 1. The van der Waals surface area contributed by atoms with Crippen LogP contribution in [0.1, 0.15) is 59.1 Å². The maximum Gasteiger partial charge on any atom is 0.339 e. The monoisotopic (exact) mass is 540 g/mol. The molecule has 1 unspecified atom stereocenters. The number of carbonyl (C=O) groups is 4. The van der Waals surface area contributed by atoms with Crippen LogP contribution >= 0.6 is 0 Å². The van der Waals surface area contributed by atoms with Crippen molar-refractivity contribution in [2.45, 2.75) is 88.2 Å². The van der Waals surface area contributed by atoms with Crippen LogP contribution in [0.5, 0.6) is 0 Å². The molecule has 0 amide bonds. The van der Waals surface area contributed by atoms with Gasteiger partial charge in [-0.1, -0.05) is 13.0 Å². The zero-order chi connectivity index (χ0) is 28.1. The highest BCUT2D eigenvalue weighted by atomic mass is 16.7. The third kappa shape index (κ3) is 2.24. The second-order valence-electron chi connectivity index (χ2n) is 12.3. The van der Waals surface area contributed by atoms with Gasteiger partial charge in [0.05, 0.1) is 23.5 Å². The van der Waals surface area contributed by atoms with Crippen LogP contribution < -0.4 is 0 Å². The Morgan fingerprint density at radius 2 is 1.79 bits per heavy atom. The number of hydrogen-bond donors (Lipinski definition) is 2. The Balaban J connectivity index is 1.61. The van der Waals surface area contributed by atoms with Gasteiger partial charge in [0, 0.05) is 17.9 Å². The third-order valence-electron chi connectivity index (χ3n) is 10.2. The van der Waals surface area contributed by atoms with E-state index >= 15 is 0 Å². The zero-order valence-corrected chi connectivity index (χ0v) is 22.0. The molecule has 0 aromatic carbocycles. The van der Waals surface area contributed by atoms with Gasteiger partial charge in [0.1, 0.15) is 6.10 Å². The van der Waals surface area contributed by atoms with Crippen molar-refractivity contribution in [3.8, 4) is 0 Å². The minimum atomic E-state index is -2.94. The number of fused-ring (bicyclic) bond motifs is 3. The number of cyclic esters (lactones) is 1. The predicted molar refractivity (Wildman–Crippen MR) is 126 cm³/mol. The Labute approximate surface area is 222 Å². The molecule has 11 nitrogen and oxygen atoms in total. The van der Waals surface area contributed by atoms with Crippen molar-refractivity contribution in [1.29, 1.82) is 0 Å². The predicted octanol–water partition coefficient (Wildman–Crippen LogP) is 1.37. The van der Waals surface area contributed by atoms with E-state index in [4.69, 9.17) is 23.4 Å². The Kier molecular flexibility index (Phi) is 4.25. The summed E-state index contributed by atoms with van der Waals surface area (Å²) >= 11 is 0. The van der Waals surface area contributed by atoms with Crippen LogP contribution in [0.3, 0.4) is 0 Å².